The lowest BCUT2D eigenvalue weighted by molar-refractivity contribution is -0.154. The summed E-state index contributed by atoms with van der Waals surface area (Å²) in [5.41, 5.74) is 1.41. The average molecular weight is 305 g/mol. The molecule has 1 heterocycles. The number of aliphatic carboxylic acids is 1. The second-order valence-corrected chi connectivity index (χ2v) is 5.96. The zero-order valence-electron chi connectivity index (χ0n) is 12.9. The molecule has 1 aliphatic heterocycles. The number of carboxylic acids is 1. The minimum Gasteiger partial charge on any atom is -0.481 e. The normalized spacial score (nSPS) is 17.0. The Hall–Kier alpha value is -1.88. The molecule has 5 heteroatoms. The van der Waals surface area contributed by atoms with E-state index >= 15 is 0 Å². The first kappa shape index (κ1) is 16.5. The quantitative estimate of drug-likeness (QED) is 0.842. The highest BCUT2D eigenvalue weighted by atomic mass is 16.5. The van der Waals surface area contributed by atoms with Crippen LogP contribution in [0.4, 0.5) is 0 Å². The van der Waals surface area contributed by atoms with Crippen LogP contribution in [0.15, 0.2) is 24.3 Å². The third-order valence-electron chi connectivity index (χ3n) is 4.25. The molecular weight excluding hydrogens is 282 g/mol. The maximum Gasteiger partial charge on any atom is 0.311 e. The monoisotopic (exact) mass is 305 g/mol. The summed E-state index contributed by atoms with van der Waals surface area (Å²) in [6.07, 6.45) is 1.92. The van der Waals surface area contributed by atoms with Crippen molar-refractivity contribution in [1.82, 2.24) is 5.32 Å². The third kappa shape index (κ3) is 4.31. The largest absolute Gasteiger partial charge is 0.481 e. The molecule has 0 aliphatic carbocycles. The van der Waals surface area contributed by atoms with Gasteiger partial charge < -0.3 is 15.2 Å². The maximum absolute atomic E-state index is 12.0. The van der Waals surface area contributed by atoms with Gasteiger partial charge in [-0.05, 0) is 31.7 Å². The molecule has 1 fully saturated rings. The highest BCUT2D eigenvalue weighted by Crippen LogP contribution is 2.30. The van der Waals surface area contributed by atoms with Crippen molar-refractivity contribution in [1.29, 1.82) is 0 Å². The maximum atomic E-state index is 12.0. The first-order chi connectivity index (χ1) is 10.5. The van der Waals surface area contributed by atoms with Crippen LogP contribution in [-0.2, 0) is 20.7 Å². The van der Waals surface area contributed by atoms with Crippen molar-refractivity contribution in [2.24, 2.45) is 5.41 Å². The van der Waals surface area contributed by atoms with Crippen LogP contribution < -0.4 is 5.32 Å². The Morgan fingerprint density at radius 1 is 1.32 bits per heavy atom. The lowest BCUT2D eigenvalue weighted by atomic mass is 9.80. The van der Waals surface area contributed by atoms with Crippen molar-refractivity contribution in [3.63, 3.8) is 0 Å². The van der Waals surface area contributed by atoms with Crippen molar-refractivity contribution in [2.45, 2.75) is 32.6 Å². The minimum atomic E-state index is -0.878. The SMILES string of the molecule is Cc1cccc(CCC(=O)NCC2(C(=O)O)CCOCC2)c1. The Morgan fingerprint density at radius 2 is 2.05 bits per heavy atom. The van der Waals surface area contributed by atoms with Crippen LogP contribution in [-0.4, -0.2) is 36.7 Å². The first-order valence-corrected chi connectivity index (χ1v) is 7.65. The summed E-state index contributed by atoms with van der Waals surface area (Å²) in [5, 5.41) is 12.2. The van der Waals surface area contributed by atoms with Gasteiger partial charge in [-0.15, -0.1) is 0 Å². The Kier molecular flexibility index (Phi) is 5.55. The molecule has 0 atom stereocenters. The standard InChI is InChI=1S/C17H23NO4/c1-13-3-2-4-14(11-13)5-6-15(19)18-12-17(16(20)21)7-9-22-10-8-17/h2-4,11H,5-10,12H2,1H3,(H,18,19)(H,20,21). The van der Waals surface area contributed by atoms with E-state index in [0.29, 0.717) is 38.9 Å². The average Bonchev–Trinajstić information content (AvgIpc) is 2.52. The molecule has 1 aromatic rings. The highest BCUT2D eigenvalue weighted by molar-refractivity contribution is 5.79. The van der Waals surface area contributed by atoms with E-state index in [2.05, 4.69) is 11.4 Å². The number of hydrogen-bond donors (Lipinski definition) is 2. The number of aryl methyl sites for hydroxylation is 2. The fourth-order valence-corrected chi connectivity index (χ4v) is 2.71. The van der Waals surface area contributed by atoms with Gasteiger partial charge in [-0.3, -0.25) is 9.59 Å². The number of carboxylic acid groups (broad SMARTS) is 1. The van der Waals surface area contributed by atoms with E-state index in [1.807, 2.05) is 25.1 Å². The van der Waals surface area contributed by atoms with Crippen LogP contribution in [0.1, 0.15) is 30.4 Å². The molecule has 2 rings (SSSR count). The number of rotatable bonds is 6. The summed E-state index contributed by atoms with van der Waals surface area (Å²) in [5.74, 6) is -0.955. The Balaban J connectivity index is 1.82. The van der Waals surface area contributed by atoms with Gasteiger partial charge in [0.25, 0.3) is 0 Å². The molecule has 1 aliphatic rings. The van der Waals surface area contributed by atoms with E-state index in [1.54, 1.807) is 0 Å². The first-order valence-electron chi connectivity index (χ1n) is 7.65. The number of amides is 1. The lowest BCUT2D eigenvalue weighted by Crippen LogP contribution is -2.46. The van der Waals surface area contributed by atoms with Crippen molar-refractivity contribution >= 4 is 11.9 Å². The number of carbonyl (C=O) groups is 2. The molecule has 1 amide bonds. The fraction of sp³-hybridized carbons (Fsp3) is 0.529. The van der Waals surface area contributed by atoms with Gasteiger partial charge in [-0.2, -0.15) is 0 Å². The summed E-state index contributed by atoms with van der Waals surface area (Å²) in [7, 11) is 0. The van der Waals surface area contributed by atoms with Crippen LogP contribution in [0, 0.1) is 12.3 Å². The molecule has 5 nitrogen and oxygen atoms in total. The summed E-state index contributed by atoms with van der Waals surface area (Å²) in [6.45, 7) is 3.07. The molecule has 0 aromatic heterocycles. The number of hydrogen-bond acceptors (Lipinski definition) is 3. The van der Waals surface area contributed by atoms with Crippen molar-refractivity contribution in [3.8, 4) is 0 Å². The predicted molar refractivity (Wildman–Crippen MR) is 82.6 cm³/mol. The van der Waals surface area contributed by atoms with E-state index in [9.17, 15) is 14.7 Å². The van der Waals surface area contributed by atoms with Crippen molar-refractivity contribution < 1.29 is 19.4 Å². The van der Waals surface area contributed by atoms with Crippen LogP contribution in [0.25, 0.3) is 0 Å². The topological polar surface area (TPSA) is 75.6 Å². The minimum absolute atomic E-state index is 0.103. The van der Waals surface area contributed by atoms with Gasteiger partial charge in [0, 0.05) is 26.2 Å². The van der Waals surface area contributed by atoms with Gasteiger partial charge >= 0.3 is 5.97 Å². The van der Waals surface area contributed by atoms with Crippen LogP contribution in [0.5, 0.6) is 0 Å². The summed E-state index contributed by atoms with van der Waals surface area (Å²) in [6, 6.07) is 8.05. The molecule has 0 radical (unpaired) electrons. The highest BCUT2D eigenvalue weighted by Gasteiger charge is 2.40. The number of carbonyl (C=O) groups excluding carboxylic acids is 1. The summed E-state index contributed by atoms with van der Waals surface area (Å²) >= 11 is 0. The van der Waals surface area contributed by atoms with E-state index in [-0.39, 0.29) is 12.5 Å². The van der Waals surface area contributed by atoms with E-state index in [1.165, 1.54) is 5.56 Å². The molecule has 120 valence electrons. The molecule has 0 bridgehead atoms. The molecule has 0 unspecified atom stereocenters. The molecule has 22 heavy (non-hydrogen) atoms. The van der Waals surface area contributed by atoms with Crippen LogP contribution >= 0.6 is 0 Å². The Morgan fingerprint density at radius 3 is 2.68 bits per heavy atom. The van der Waals surface area contributed by atoms with E-state index < -0.39 is 11.4 Å². The van der Waals surface area contributed by atoms with E-state index in [4.69, 9.17) is 4.74 Å². The molecule has 2 N–H and O–H groups in total. The van der Waals surface area contributed by atoms with Gasteiger partial charge in [0.15, 0.2) is 0 Å². The van der Waals surface area contributed by atoms with Gasteiger partial charge in [0.05, 0.1) is 5.41 Å². The van der Waals surface area contributed by atoms with Gasteiger partial charge in [-0.25, -0.2) is 0 Å². The number of benzene rings is 1. The fourth-order valence-electron chi connectivity index (χ4n) is 2.71. The summed E-state index contributed by atoms with van der Waals surface area (Å²) < 4.78 is 5.22. The van der Waals surface area contributed by atoms with Crippen molar-refractivity contribution in [2.75, 3.05) is 19.8 Å². The van der Waals surface area contributed by atoms with Gasteiger partial charge in [-0.1, -0.05) is 29.8 Å². The van der Waals surface area contributed by atoms with Crippen LogP contribution in [0.3, 0.4) is 0 Å². The zero-order chi connectivity index (χ0) is 16.0. The van der Waals surface area contributed by atoms with Crippen LogP contribution in [0.2, 0.25) is 0 Å². The molecule has 1 aromatic carbocycles. The zero-order valence-corrected chi connectivity index (χ0v) is 12.9. The second kappa shape index (κ2) is 7.40. The summed E-state index contributed by atoms with van der Waals surface area (Å²) in [4.78, 5) is 23.5. The van der Waals surface area contributed by atoms with Gasteiger partial charge in [0.2, 0.25) is 5.91 Å². The second-order valence-electron chi connectivity index (χ2n) is 5.96. The Labute approximate surface area is 130 Å². The number of ether oxygens (including phenoxy) is 1. The predicted octanol–water partition coefficient (Wildman–Crippen LogP) is 1.93. The molecule has 1 saturated heterocycles. The number of nitrogens with one attached hydrogen (secondary N) is 1. The smallest absolute Gasteiger partial charge is 0.311 e. The molecule has 0 spiro atoms. The lowest BCUT2D eigenvalue weighted by Gasteiger charge is -2.33. The molecular formula is C17H23NO4. The molecule has 0 saturated carbocycles. The van der Waals surface area contributed by atoms with E-state index in [0.717, 1.165) is 5.56 Å². The third-order valence-corrected chi connectivity index (χ3v) is 4.25. The van der Waals surface area contributed by atoms with Crippen molar-refractivity contribution in [3.05, 3.63) is 35.4 Å². The van der Waals surface area contributed by atoms with Gasteiger partial charge in [0.1, 0.15) is 0 Å². The Bertz CT molecular complexity index is 535.